The van der Waals surface area contributed by atoms with Crippen LogP contribution < -0.4 is 5.32 Å². The summed E-state index contributed by atoms with van der Waals surface area (Å²) < 4.78 is 17.7. The van der Waals surface area contributed by atoms with Gasteiger partial charge in [0.25, 0.3) is 0 Å². The lowest BCUT2D eigenvalue weighted by molar-refractivity contribution is 0.0764. The SMILES string of the molecule is C=CCNc1ncnc2c1ncn2C[C@@H](C)OCP(=O)(O)O. The second-order valence-corrected chi connectivity index (χ2v) is 6.32. The monoisotopic (exact) mass is 327 g/mol. The van der Waals surface area contributed by atoms with Gasteiger partial charge in [0.05, 0.1) is 19.0 Å². The fourth-order valence-corrected chi connectivity index (χ4v) is 2.32. The lowest BCUT2D eigenvalue weighted by Gasteiger charge is -2.14. The Morgan fingerprint density at radius 1 is 1.50 bits per heavy atom. The van der Waals surface area contributed by atoms with Gasteiger partial charge in [-0.05, 0) is 6.92 Å². The van der Waals surface area contributed by atoms with E-state index in [9.17, 15) is 4.57 Å². The second kappa shape index (κ2) is 6.97. The van der Waals surface area contributed by atoms with E-state index in [1.165, 1.54) is 6.33 Å². The Bertz CT molecular complexity index is 698. The van der Waals surface area contributed by atoms with Crippen molar-refractivity contribution in [1.29, 1.82) is 0 Å². The highest BCUT2D eigenvalue weighted by atomic mass is 31.2. The van der Waals surface area contributed by atoms with E-state index in [1.54, 1.807) is 23.9 Å². The fourth-order valence-electron chi connectivity index (χ4n) is 1.87. The van der Waals surface area contributed by atoms with Crippen LogP contribution in [-0.2, 0) is 15.8 Å². The lowest BCUT2D eigenvalue weighted by Crippen LogP contribution is -2.17. The molecule has 2 aromatic rings. The number of anilines is 1. The molecule has 0 aliphatic rings. The first-order valence-corrected chi connectivity index (χ1v) is 8.37. The molecular formula is C12H18N5O4P. The topological polar surface area (TPSA) is 122 Å². The largest absolute Gasteiger partial charge is 0.365 e. The Balaban J connectivity index is 2.12. The van der Waals surface area contributed by atoms with Crippen LogP contribution >= 0.6 is 7.60 Å². The lowest BCUT2D eigenvalue weighted by atomic mass is 10.4. The van der Waals surface area contributed by atoms with Crippen molar-refractivity contribution < 1.29 is 19.1 Å². The van der Waals surface area contributed by atoms with Gasteiger partial charge in [-0.1, -0.05) is 6.08 Å². The van der Waals surface area contributed by atoms with Crippen LogP contribution in [0.2, 0.25) is 0 Å². The van der Waals surface area contributed by atoms with Crippen molar-refractivity contribution in [3.8, 4) is 0 Å². The van der Waals surface area contributed by atoms with Crippen LogP contribution in [0.5, 0.6) is 0 Å². The van der Waals surface area contributed by atoms with Crippen molar-refractivity contribution in [3.05, 3.63) is 25.3 Å². The molecule has 2 rings (SSSR count). The average Bonchev–Trinajstić information content (AvgIpc) is 2.86. The highest BCUT2D eigenvalue weighted by Crippen LogP contribution is 2.34. The van der Waals surface area contributed by atoms with E-state index in [-0.39, 0.29) is 0 Å². The Kier molecular flexibility index (Phi) is 5.25. The normalized spacial score (nSPS) is 13.2. The average molecular weight is 327 g/mol. The number of ether oxygens (including phenoxy) is 1. The van der Waals surface area contributed by atoms with Gasteiger partial charge in [0.2, 0.25) is 0 Å². The molecule has 120 valence electrons. The molecule has 0 fully saturated rings. The number of nitrogens with one attached hydrogen (secondary N) is 1. The molecule has 0 aromatic carbocycles. The number of nitrogens with zero attached hydrogens (tertiary/aromatic N) is 4. The van der Waals surface area contributed by atoms with Gasteiger partial charge in [0.1, 0.15) is 18.2 Å². The fraction of sp³-hybridized carbons (Fsp3) is 0.417. The molecule has 0 aliphatic heterocycles. The van der Waals surface area contributed by atoms with Gasteiger partial charge in [0.15, 0.2) is 11.5 Å². The zero-order valence-corrected chi connectivity index (χ0v) is 13.0. The Morgan fingerprint density at radius 3 is 2.95 bits per heavy atom. The Labute approximate surface area is 127 Å². The van der Waals surface area contributed by atoms with Gasteiger partial charge in [-0.15, -0.1) is 6.58 Å². The van der Waals surface area contributed by atoms with Crippen LogP contribution in [-0.4, -0.2) is 48.3 Å². The minimum absolute atomic E-state index is 0.369. The molecular weight excluding hydrogens is 309 g/mol. The van der Waals surface area contributed by atoms with Crippen LogP contribution in [0.4, 0.5) is 5.82 Å². The molecule has 0 bridgehead atoms. The summed E-state index contributed by atoms with van der Waals surface area (Å²) in [4.78, 5) is 30.2. The molecule has 22 heavy (non-hydrogen) atoms. The van der Waals surface area contributed by atoms with Gasteiger partial charge >= 0.3 is 7.60 Å². The smallest absolute Gasteiger partial charge is 0.350 e. The second-order valence-electron chi connectivity index (χ2n) is 4.73. The molecule has 0 spiro atoms. The van der Waals surface area contributed by atoms with Crippen molar-refractivity contribution in [1.82, 2.24) is 19.5 Å². The molecule has 2 aromatic heterocycles. The van der Waals surface area contributed by atoms with Crippen molar-refractivity contribution in [2.75, 3.05) is 18.2 Å². The zero-order valence-electron chi connectivity index (χ0n) is 12.1. The Hall–Kier alpha value is -1.80. The summed E-state index contributed by atoms with van der Waals surface area (Å²) in [6, 6.07) is 0. The van der Waals surface area contributed by atoms with E-state index in [0.717, 1.165) is 0 Å². The van der Waals surface area contributed by atoms with E-state index in [0.29, 0.717) is 30.1 Å². The molecule has 0 amide bonds. The number of rotatable bonds is 8. The number of imidazole rings is 1. The van der Waals surface area contributed by atoms with Crippen molar-refractivity contribution in [2.45, 2.75) is 19.6 Å². The summed E-state index contributed by atoms with van der Waals surface area (Å²) in [5.41, 5.74) is 1.24. The molecule has 1 atom stereocenters. The summed E-state index contributed by atoms with van der Waals surface area (Å²) in [6.07, 6.45) is 3.72. The molecule has 0 radical (unpaired) electrons. The highest BCUT2D eigenvalue weighted by molar-refractivity contribution is 7.51. The zero-order chi connectivity index (χ0) is 16.2. The van der Waals surface area contributed by atoms with E-state index in [4.69, 9.17) is 14.5 Å². The van der Waals surface area contributed by atoms with Crippen LogP contribution in [0.3, 0.4) is 0 Å². The van der Waals surface area contributed by atoms with Crippen LogP contribution in [0, 0.1) is 0 Å². The third kappa shape index (κ3) is 4.35. The summed E-state index contributed by atoms with van der Waals surface area (Å²) in [7, 11) is -4.17. The van der Waals surface area contributed by atoms with Crippen molar-refractivity contribution in [2.24, 2.45) is 0 Å². The van der Waals surface area contributed by atoms with Crippen LogP contribution in [0.15, 0.2) is 25.3 Å². The van der Waals surface area contributed by atoms with Crippen molar-refractivity contribution in [3.63, 3.8) is 0 Å². The van der Waals surface area contributed by atoms with Crippen LogP contribution in [0.25, 0.3) is 11.2 Å². The number of hydrogen-bond acceptors (Lipinski definition) is 6. The molecule has 2 heterocycles. The van der Waals surface area contributed by atoms with Gasteiger partial charge < -0.3 is 24.4 Å². The predicted molar refractivity (Wildman–Crippen MR) is 81.5 cm³/mol. The molecule has 0 saturated carbocycles. The van der Waals surface area contributed by atoms with E-state index in [1.807, 2.05) is 0 Å². The van der Waals surface area contributed by atoms with Gasteiger partial charge in [-0.25, -0.2) is 15.0 Å². The third-order valence-corrected chi connectivity index (χ3v) is 3.28. The molecule has 3 N–H and O–H groups in total. The van der Waals surface area contributed by atoms with E-state index in [2.05, 4.69) is 26.8 Å². The number of fused-ring (bicyclic) bond motifs is 1. The van der Waals surface area contributed by atoms with Crippen molar-refractivity contribution >= 4 is 24.6 Å². The maximum absolute atomic E-state index is 10.8. The first-order valence-electron chi connectivity index (χ1n) is 6.57. The molecule has 9 nitrogen and oxygen atoms in total. The van der Waals surface area contributed by atoms with Crippen LogP contribution in [0.1, 0.15) is 6.92 Å². The molecule has 0 unspecified atom stereocenters. The minimum atomic E-state index is -4.17. The Morgan fingerprint density at radius 2 is 2.27 bits per heavy atom. The van der Waals surface area contributed by atoms with Gasteiger partial charge in [0, 0.05) is 6.54 Å². The first-order chi connectivity index (χ1) is 10.4. The number of aromatic nitrogens is 4. The first kappa shape index (κ1) is 16.6. The van der Waals surface area contributed by atoms with Gasteiger partial charge in [-0.2, -0.15) is 0 Å². The highest BCUT2D eigenvalue weighted by Gasteiger charge is 2.17. The standard InChI is InChI=1S/C12H18N5O4P/c1-3-4-13-11-10-12(15-6-14-11)17(7-16-10)5-9(2)21-8-22(18,19)20/h3,6-7,9H,1,4-5,8H2,2H3,(H,13,14,15)(H2,18,19,20)/t9-/m1/s1. The molecule has 10 heteroatoms. The minimum Gasteiger partial charge on any atom is -0.365 e. The quantitative estimate of drug-likeness (QED) is 0.484. The van der Waals surface area contributed by atoms with Gasteiger partial charge in [-0.3, -0.25) is 4.57 Å². The predicted octanol–water partition coefficient (Wildman–Crippen LogP) is 0.964. The maximum atomic E-state index is 10.8. The van der Waals surface area contributed by atoms with E-state index < -0.39 is 20.0 Å². The summed E-state index contributed by atoms with van der Waals surface area (Å²) in [5, 5.41) is 3.07. The summed E-state index contributed by atoms with van der Waals surface area (Å²) in [6.45, 7) is 6.28. The number of hydrogen-bond donors (Lipinski definition) is 3. The van der Waals surface area contributed by atoms with E-state index >= 15 is 0 Å². The third-order valence-electron chi connectivity index (χ3n) is 2.80. The maximum Gasteiger partial charge on any atom is 0.350 e. The summed E-state index contributed by atoms with van der Waals surface area (Å²) in [5.74, 6) is 0.604. The molecule has 0 saturated heterocycles. The summed E-state index contributed by atoms with van der Waals surface area (Å²) >= 11 is 0. The molecule has 0 aliphatic carbocycles.